The summed E-state index contributed by atoms with van der Waals surface area (Å²) in [6.45, 7) is 7.71. The number of esters is 1. The highest BCUT2D eigenvalue weighted by Gasteiger charge is 2.24. The van der Waals surface area contributed by atoms with Gasteiger partial charge in [-0.05, 0) is 37.6 Å². The van der Waals surface area contributed by atoms with E-state index in [1.165, 1.54) is 18.2 Å². The maximum atomic E-state index is 14.3. The summed E-state index contributed by atoms with van der Waals surface area (Å²) in [6.07, 6.45) is 0. The Morgan fingerprint density at radius 3 is 2.57 bits per heavy atom. The van der Waals surface area contributed by atoms with Gasteiger partial charge in [-0.1, -0.05) is 30.3 Å². The maximum absolute atomic E-state index is 14.3. The third kappa shape index (κ3) is 5.30. The van der Waals surface area contributed by atoms with E-state index >= 15 is 0 Å². The summed E-state index contributed by atoms with van der Waals surface area (Å²) in [5.74, 6) is -0.985. The van der Waals surface area contributed by atoms with Crippen LogP contribution in [0.5, 0.6) is 5.75 Å². The van der Waals surface area contributed by atoms with Crippen LogP contribution in [0.3, 0.4) is 0 Å². The molecule has 5 nitrogen and oxygen atoms in total. The second kappa shape index (κ2) is 9.17. The van der Waals surface area contributed by atoms with E-state index < -0.39 is 17.4 Å². The molecule has 0 saturated carbocycles. The molecular weight excluding hydrogens is 361 g/mol. The van der Waals surface area contributed by atoms with E-state index in [2.05, 4.69) is 4.90 Å². The molecule has 0 aliphatic carbocycles. The summed E-state index contributed by atoms with van der Waals surface area (Å²) < 4.78 is 30.8. The number of benzene rings is 2. The van der Waals surface area contributed by atoms with Crippen LogP contribution in [-0.2, 0) is 15.1 Å². The lowest BCUT2D eigenvalue weighted by molar-refractivity contribution is 0.0195. The fourth-order valence-electron chi connectivity index (χ4n) is 3.06. The SMILES string of the molecule is CC(C)(Oc1cc(C(=O)OCCN2CCOCC2)ccc1F)c1ccccc1. The zero-order valence-corrected chi connectivity index (χ0v) is 16.3. The molecule has 0 unspecified atom stereocenters. The van der Waals surface area contributed by atoms with Gasteiger partial charge in [0.15, 0.2) is 11.6 Å². The van der Waals surface area contributed by atoms with Crippen LogP contribution in [0.2, 0.25) is 0 Å². The number of hydrogen-bond donors (Lipinski definition) is 0. The lowest BCUT2D eigenvalue weighted by Gasteiger charge is -2.27. The van der Waals surface area contributed by atoms with Gasteiger partial charge in [-0.3, -0.25) is 4.90 Å². The summed E-state index contributed by atoms with van der Waals surface area (Å²) in [5, 5.41) is 0. The first-order valence-corrected chi connectivity index (χ1v) is 9.47. The molecule has 28 heavy (non-hydrogen) atoms. The highest BCUT2D eigenvalue weighted by atomic mass is 19.1. The van der Waals surface area contributed by atoms with Crippen LogP contribution < -0.4 is 4.74 Å². The van der Waals surface area contributed by atoms with E-state index in [4.69, 9.17) is 14.2 Å². The highest BCUT2D eigenvalue weighted by Crippen LogP contribution is 2.30. The molecule has 150 valence electrons. The molecule has 3 rings (SSSR count). The lowest BCUT2D eigenvalue weighted by atomic mass is 9.98. The Morgan fingerprint density at radius 2 is 1.86 bits per heavy atom. The topological polar surface area (TPSA) is 48.0 Å². The molecule has 0 bridgehead atoms. The Kier molecular flexibility index (Phi) is 6.65. The zero-order chi connectivity index (χ0) is 20.0. The van der Waals surface area contributed by atoms with Crippen LogP contribution in [0.4, 0.5) is 4.39 Å². The van der Waals surface area contributed by atoms with Crippen LogP contribution in [0.15, 0.2) is 48.5 Å². The molecule has 6 heteroatoms. The van der Waals surface area contributed by atoms with Crippen LogP contribution in [0, 0.1) is 5.82 Å². The van der Waals surface area contributed by atoms with Crippen molar-refractivity contribution in [2.24, 2.45) is 0 Å². The molecule has 1 aliphatic rings. The van der Waals surface area contributed by atoms with Gasteiger partial charge in [0.05, 0.1) is 18.8 Å². The summed E-state index contributed by atoms with van der Waals surface area (Å²) in [7, 11) is 0. The van der Waals surface area contributed by atoms with Crippen molar-refractivity contribution in [3.63, 3.8) is 0 Å². The van der Waals surface area contributed by atoms with Gasteiger partial charge >= 0.3 is 5.97 Å². The minimum atomic E-state index is -0.749. The monoisotopic (exact) mass is 387 g/mol. The van der Waals surface area contributed by atoms with Crippen molar-refractivity contribution in [1.82, 2.24) is 4.90 Å². The molecular formula is C22H26FNO4. The van der Waals surface area contributed by atoms with E-state index in [0.717, 1.165) is 18.7 Å². The third-order valence-corrected chi connectivity index (χ3v) is 4.75. The van der Waals surface area contributed by atoms with E-state index in [1.807, 2.05) is 44.2 Å². The third-order valence-electron chi connectivity index (χ3n) is 4.75. The van der Waals surface area contributed by atoms with Gasteiger partial charge < -0.3 is 14.2 Å². The van der Waals surface area contributed by atoms with Crippen molar-refractivity contribution in [3.05, 3.63) is 65.5 Å². The molecule has 0 N–H and O–H groups in total. The fourth-order valence-corrected chi connectivity index (χ4v) is 3.06. The van der Waals surface area contributed by atoms with Crippen LogP contribution in [0.25, 0.3) is 0 Å². The van der Waals surface area contributed by atoms with Crippen LogP contribution in [-0.4, -0.2) is 50.3 Å². The van der Waals surface area contributed by atoms with Crippen molar-refractivity contribution in [1.29, 1.82) is 0 Å². The summed E-state index contributed by atoms with van der Waals surface area (Å²) in [4.78, 5) is 14.5. The molecule has 0 amide bonds. The number of nitrogens with zero attached hydrogens (tertiary/aromatic N) is 1. The molecule has 1 fully saturated rings. The molecule has 1 saturated heterocycles. The van der Waals surface area contributed by atoms with Gasteiger partial charge in [0.25, 0.3) is 0 Å². The fraction of sp³-hybridized carbons (Fsp3) is 0.409. The quantitative estimate of drug-likeness (QED) is 0.679. The average Bonchev–Trinajstić information content (AvgIpc) is 2.71. The highest BCUT2D eigenvalue weighted by molar-refractivity contribution is 5.89. The minimum Gasteiger partial charge on any atom is -0.480 e. The van der Waals surface area contributed by atoms with Crippen molar-refractivity contribution >= 4 is 5.97 Å². The molecule has 2 aromatic rings. The molecule has 0 atom stereocenters. The van der Waals surface area contributed by atoms with Crippen LogP contribution in [0.1, 0.15) is 29.8 Å². The first kappa shape index (κ1) is 20.3. The molecule has 0 radical (unpaired) electrons. The lowest BCUT2D eigenvalue weighted by Crippen LogP contribution is -2.38. The van der Waals surface area contributed by atoms with E-state index in [1.54, 1.807) is 0 Å². The normalized spacial score (nSPS) is 15.2. The maximum Gasteiger partial charge on any atom is 0.338 e. The molecule has 0 aromatic heterocycles. The number of carbonyl (C=O) groups is 1. The second-order valence-electron chi connectivity index (χ2n) is 7.21. The first-order chi connectivity index (χ1) is 13.5. The second-order valence-corrected chi connectivity index (χ2v) is 7.21. The van der Waals surface area contributed by atoms with Crippen LogP contribution >= 0.6 is 0 Å². The summed E-state index contributed by atoms with van der Waals surface area (Å²) >= 11 is 0. The minimum absolute atomic E-state index is 0.0245. The van der Waals surface area contributed by atoms with Gasteiger partial charge in [-0.25, -0.2) is 9.18 Å². The van der Waals surface area contributed by atoms with Gasteiger partial charge in [-0.2, -0.15) is 0 Å². The van der Waals surface area contributed by atoms with Gasteiger partial charge in [-0.15, -0.1) is 0 Å². The zero-order valence-electron chi connectivity index (χ0n) is 16.3. The predicted molar refractivity (Wildman–Crippen MR) is 104 cm³/mol. The molecule has 2 aromatic carbocycles. The van der Waals surface area contributed by atoms with Gasteiger partial charge in [0.2, 0.25) is 0 Å². The summed E-state index contributed by atoms with van der Waals surface area (Å²) in [6, 6.07) is 13.6. The Hall–Kier alpha value is -2.44. The largest absolute Gasteiger partial charge is 0.480 e. The number of rotatable bonds is 7. The number of hydrogen-bond acceptors (Lipinski definition) is 5. The van der Waals surface area contributed by atoms with E-state index in [-0.39, 0.29) is 17.9 Å². The Balaban J connectivity index is 1.62. The molecule has 0 spiro atoms. The number of ether oxygens (including phenoxy) is 3. The van der Waals surface area contributed by atoms with Gasteiger partial charge in [0.1, 0.15) is 12.2 Å². The van der Waals surface area contributed by atoms with Crippen molar-refractivity contribution < 1.29 is 23.4 Å². The number of morpholine rings is 1. The first-order valence-electron chi connectivity index (χ1n) is 9.47. The molecule has 1 aliphatic heterocycles. The Bertz CT molecular complexity index is 788. The summed E-state index contributed by atoms with van der Waals surface area (Å²) in [5.41, 5.74) is 0.427. The van der Waals surface area contributed by atoms with Crippen molar-refractivity contribution in [3.8, 4) is 5.75 Å². The Morgan fingerprint density at radius 1 is 1.14 bits per heavy atom. The van der Waals surface area contributed by atoms with Gasteiger partial charge in [0, 0.05) is 19.6 Å². The Labute approximate surface area is 165 Å². The van der Waals surface area contributed by atoms with Crippen molar-refractivity contribution in [2.75, 3.05) is 39.5 Å². The van der Waals surface area contributed by atoms with E-state index in [9.17, 15) is 9.18 Å². The smallest absolute Gasteiger partial charge is 0.338 e. The standard InChI is InChI=1S/C22H26FNO4/c1-22(2,18-6-4-3-5-7-18)28-20-16-17(8-9-19(20)23)21(25)27-15-12-24-10-13-26-14-11-24/h3-9,16H,10-15H2,1-2H3. The van der Waals surface area contributed by atoms with E-state index in [0.29, 0.717) is 19.8 Å². The number of halogens is 1. The predicted octanol–water partition coefficient (Wildman–Crippen LogP) is 3.63. The van der Waals surface area contributed by atoms with Crippen molar-refractivity contribution in [2.45, 2.75) is 19.4 Å². The average molecular weight is 387 g/mol. The molecule has 1 heterocycles. The number of carbonyl (C=O) groups excluding carboxylic acids is 1.